The Kier molecular flexibility index (Phi) is 4.50. The molecule has 0 aliphatic carbocycles. The summed E-state index contributed by atoms with van der Waals surface area (Å²) in [6.07, 6.45) is 3.59. The molecule has 0 radical (unpaired) electrons. The largest absolute Gasteiger partial charge is 0.478 e. The first kappa shape index (κ1) is 15.4. The zero-order chi connectivity index (χ0) is 15.6. The Balaban J connectivity index is 2.70. The van der Waals surface area contributed by atoms with Crippen LogP contribution < -0.4 is 4.90 Å². The Morgan fingerprint density at radius 3 is 2.29 bits per heavy atom. The van der Waals surface area contributed by atoms with Gasteiger partial charge in [0.1, 0.15) is 0 Å². The molecule has 114 valence electrons. The molecule has 1 heterocycles. The predicted molar refractivity (Wildman–Crippen MR) is 80.5 cm³/mol. The van der Waals surface area contributed by atoms with E-state index in [0.717, 1.165) is 43.6 Å². The molecule has 0 saturated carbocycles. The molecule has 0 spiro atoms. The minimum absolute atomic E-state index is 0.0918. The lowest BCUT2D eigenvalue weighted by atomic mass is 9.92. The molecule has 0 unspecified atom stereocenters. The minimum Gasteiger partial charge on any atom is -0.478 e. The first-order valence-electron chi connectivity index (χ1n) is 7.35. The quantitative estimate of drug-likeness (QED) is 0.872. The van der Waals surface area contributed by atoms with Crippen LogP contribution in [0.15, 0.2) is 6.07 Å². The molecule has 1 aliphatic heterocycles. The van der Waals surface area contributed by atoms with Gasteiger partial charge in [-0.1, -0.05) is 13.3 Å². The van der Waals surface area contributed by atoms with Crippen LogP contribution >= 0.6 is 0 Å². The molecule has 1 aromatic rings. The molecule has 1 aromatic carbocycles. The van der Waals surface area contributed by atoms with Crippen molar-refractivity contribution in [2.45, 2.75) is 39.5 Å². The molecule has 5 nitrogen and oxygen atoms in total. The first-order chi connectivity index (χ1) is 9.97. The van der Waals surface area contributed by atoms with Gasteiger partial charge in [-0.3, -0.25) is 0 Å². The summed E-state index contributed by atoms with van der Waals surface area (Å²) in [7, 11) is 0. The van der Waals surface area contributed by atoms with E-state index in [-0.39, 0.29) is 11.1 Å². The zero-order valence-electron chi connectivity index (χ0n) is 12.5. The van der Waals surface area contributed by atoms with Gasteiger partial charge in [0.2, 0.25) is 0 Å². The highest BCUT2D eigenvalue weighted by Gasteiger charge is 2.26. The van der Waals surface area contributed by atoms with Crippen molar-refractivity contribution in [1.29, 1.82) is 0 Å². The topological polar surface area (TPSA) is 77.8 Å². The third-order valence-corrected chi connectivity index (χ3v) is 4.06. The molecule has 21 heavy (non-hydrogen) atoms. The molecule has 2 rings (SSSR count). The SMILES string of the molecule is CCCc1c(N2CCCC2)cc(C(=O)O)c(C)c1C(=O)O. The second-order valence-corrected chi connectivity index (χ2v) is 5.48. The van der Waals surface area contributed by atoms with Crippen LogP contribution in [0.4, 0.5) is 5.69 Å². The van der Waals surface area contributed by atoms with Gasteiger partial charge in [0.05, 0.1) is 11.1 Å². The summed E-state index contributed by atoms with van der Waals surface area (Å²) in [5.74, 6) is -2.11. The molecule has 0 amide bonds. The van der Waals surface area contributed by atoms with Gasteiger partial charge < -0.3 is 15.1 Å². The molecule has 1 fully saturated rings. The fourth-order valence-electron chi connectivity index (χ4n) is 3.08. The average Bonchev–Trinajstić information content (AvgIpc) is 2.92. The lowest BCUT2D eigenvalue weighted by Gasteiger charge is -2.24. The Bertz CT molecular complexity index is 574. The number of carboxylic acid groups (broad SMARTS) is 2. The fourth-order valence-corrected chi connectivity index (χ4v) is 3.08. The summed E-state index contributed by atoms with van der Waals surface area (Å²) in [5, 5.41) is 18.9. The van der Waals surface area contributed by atoms with Gasteiger partial charge in [0, 0.05) is 18.8 Å². The number of carboxylic acids is 2. The number of carbonyl (C=O) groups is 2. The first-order valence-corrected chi connectivity index (χ1v) is 7.35. The van der Waals surface area contributed by atoms with Crippen molar-refractivity contribution < 1.29 is 19.8 Å². The monoisotopic (exact) mass is 291 g/mol. The second kappa shape index (κ2) is 6.16. The number of anilines is 1. The van der Waals surface area contributed by atoms with E-state index in [1.807, 2.05) is 6.92 Å². The van der Waals surface area contributed by atoms with Gasteiger partial charge in [0.15, 0.2) is 0 Å². The number of hydrogen-bond donors (Lipinski definition) is 2. The highest BCUT2D eigenvalue weighted by atomic mass is 16.4. The highest BCUT2D eigenvalue weighted by Crippen LogP contribution is 2.33. The fraction of sp³-hybridized carbons (Fsp3) is 0.500. The number of rotatable bonds is 5. The predicted octanol–water partition coefficient (Wildman–Crippen LogP) is 2.94. The molecule has 0 bridgehead atoms. The van der Waals surface area contributed by atoms with E-state index >= 15 is 0 Å². The maximum Gasteiger partial charge on any atom is 0.336 e. The van der Waals surface area contributed by atoms with Crippen LogP contribution in [0.2, 0.25) is 0 Å². The summed E-state index contributed by atoms with van der Waals surface area (Å²) in [6.45, 7) is 5.30. The highest BCUT2D eigenvalue weighted by molar-refractivity contribution is 6.00. The van der Waals surface area contributed by atoms with Crippen LogP contribution in [-0.2, 0) is 6.42 Å². The van der Waals surface area contributed by atoms with E-state index in [4.69, 9.17) is 0 Å². The van der Waals surface area contributed by atoms with Crippen LogP contribution in [0.3, 0.4) is 0 Å². The summed E-state index contributed by atoms with van der Waals surface area (Å²) in [4.78, 5) is 25.2. The maximum absolute atomic E-state index is 11.6. The number of nitrogens with zero attached hydrogens (tertiary/aromatic N) is 1. The van der Waals surface area contributed by atoms with Crippen LogP contribution in [0.25, 0.3) is 0 Å². The molecule has 1 saturated heterocycles. The van der Waals surface area contributed by atoms with E-state index in [2.05, 4.69) is 4.90 Å². The Morgan fingerprint density at radius 2 is 1.81 bits per heavy atom. The minimum atomic E-state index is -1.07. The smallest absolute Gasteiger partial charge is 0.336 e. The van der Waals surface area contributed by atoms with Gasteiger partial charge in [-0.05, 0) is 43.4 Å². The third-order valence-electron chi connectivity index (χ3n) is 4.06. The van der Waals surface area contributed by atoms with Crippen molar-refractivity contribution in [3.63, 3.8) is 0 Å². The number of hydrogen-bond acceptors (Lipinski definition) is 3. The van der Waals surface area contributed by atoms with Crippen molar-refractivity contribution in [2.24, 2.45) is 0 Å². The van der Waals surface area contributed by atoms with E-state index in [1.54, 1.807) is 13.0 Å². The molecular weight excluding hydrogens is 270 g/mol. The number of benzene rings is 1. The summed E-state index contributed by atoms with van der Waals surface area (Å²) < 4.78 is 0. The average molecular weight is 291 g/mol. The van der Waals surface area contributed by atoms with E-state index in [0.29, 0.717) is 12.0 Å². The van der Waals surface area contributed by atoms with E-state index < -0.39 is 11.9 Å². The Hall–Kier alpha value is -2.04. The lowest BCUT2D eigenvalue weighted by Crippen LogP contribution is -2.23. The van der Waals surface area contributed by atoms with Gasteiger partial charge >= 0.3 is 11.9 Å². The van der Waals surface area contributed by atoms with Crippen LogP contribution in [0.1, 0.15) is 58.0 Å². The molecular formula is C16H21NO4. The molecule has 2 N–H and O–H groups in total. The van der Waals surface area contributed by atoms with Crippen LogP contribution in [0, 0.1) is 6.92 Å². The van der Waals surface area contributed by atoms with E-state index in [9.17, 15) is 19.8 Å². The number of aromatic carboxylic acids is 2. The van der Waals surface area contributed by atoms with Gasteiger partial charge in [-0.2, -0.15) is 0 Å². The van der Waals surface area contributed by atoms with E-state index in [1.165, 1.54) is 0 Å². The molecule has 5 heteroatoms. The standard InChI is InChI=1S/C16H21NO4/c1-3-6-11-13(17-7-4-5-8-17)9-12(15(18)19)10(2)14(11)16(20)21/h9H,3-8H2,1-2H3,(H,18,19)(H,20,21). The molecule has 0 atom stereocenters. The summed E-state index contributed by atoms with van der Waals surface area (Å²) in [5.41, 5.74) is 2.17. The molecule has 1 aliphatic rings. The van der Waals surface area contributed by atoms with Crippen molar-refractivity contribution in [2.75, 3.05) is 18.0 Å². The van der Waals surface area contributed by atoms with Gasteiger partial charge in [0.25, 0.3) is 0 Å². The van der Waals surface area contributed by atoms with Crippen molar-refractivity contribution >= 4 is 17.6 Å². The third kappa shape index (κ3) is 2.86. The molecule has 0 aromatic heterocycles. The Labute approximate surface area is 124 Å². The maximum atomic E-state index is 11.6. The van der Waals surface area contributed by atoms with Gasteiger partial charge in [-0.25, -0.2) is 9.59 Å². The lowest BCUT2D eigenvalue weighted by molar-refractivity contribution is 0.0695. The van der Waals surface area contributed by atoms with Crippen LogP contribution in [-0.4, -0.2) is 35.2 Å². The van der Waals surface area contributed by atoms with Gasteiger partial charge in [-0.15, -0.1) is 0 Å². The zero-order valence-corrected chi connectivity index (χ0v) is 12.5. The Morgan fingerprint density at radius 1 is 1.19 bits per heavy atom. The summed E-state index contributed by atoms with van der Waals surface area (Å²) >= 11 is 0. The van der Waals surface area contributed by atoms with Crippen molar-refractivity contribution in [3.8, 4) is 0 Å². The normalized spacial score (nSPS) is 14.5. The summed E-state index contributed by atoms with van der Waals surface area (Å²) in [6, 6.07) is 1.65. The second-order valence-electron chi connectivity index (χ2n) is 5.48. The van der Waals surface area contributed by atoms with Crippen molar-refractivity contribution in [3.05, 3.63) is 28.3 Å². The van der Waals surface area contributed by atoms with Crippen molar-refractivity contribution in [1.82, 2.24) is 0 Å². The van der Waals surface area contributed by atoms with Crippen LogP contribution in [0.5, 0.6) is 0 Å².